The van der Waals surface area contributed by atoms with E-state index in [4.69, 9.17) is 15.1 Å². The number of carboxylic acids is 1. The average Bonchev–Trinajstić information content (AvgIpc) is 2.99. The minimum absolute atomic E-state index is 0.310. The molecule has 3 aliphatic heterocycles. The zero-order valence-corrected chi connectivity index (χ0v) is 15.3. The summed E-state index contributed by atoms with van der Waals surface area (Å²) in [4.78, 5) is 25.5. The van der Waals surface area contributed by atoms with Gasteiger partial charge in [-0.25, -0.2) is 0 Å². The van der Waals surface area contributed by atoms with E-state index in [1.165, 1.54) is 6.42 Å². The predicted molar refractivity (Wildman–Crippen MR) is 99.5 cm³/mol. The van der Waals surface area contributed by atoms with Crippen molar-refractivity contribution in [1.29, 1.82) is 0 Å². The van der Waals surface area contributed by atoms with E-state index in [0.717, 1.165) is 48.9 Å². The third-order valence-corrected chi connectivity index (χ3v) is 6.71. The molecule has 1 unspecified atom stereocenters. The topological polar surface area (TPSA) is 74.5 Å². The van der Waals surface area contributed by atoms with Gasteiger partial charge in [-0.2, -0.15) is 9.97 Å². The van der Waals surface area contributed by atoms with Gasteiger partial charge in [-0.1, -0.05) is 0 Å². The first-order chi connectivity index (χ1) is 12.5. The summed E-state index contributed by atoms with van der Waals surface area (Å²) in [5.74, 6) is 2.48. The summed E-state index contributed by atoms with van der Waals surface area (Å²) in [6, 6.07) is 2.60. The Balaban J connectivity index is 1.48. The van der Waals surface area contributed by atoms with Gasteiger partial charge in [0.05, 0.1) is 5.39 Å². The molecule has 26 heavy (non-hydrogen) atoms. The highest BCUT2D eigenvalue weighted by Gasteiger charge is 2.48. The lowest BCUT2D eigenvalue weighted by Gasteiger charge is -2.53. The van der Waals surface area contributed by atoms with Crippen LogP contribution in [0.3, 0.4) is 0 Å². The number of nitrogens with zero attached hydrogens (tertiary/aromatic N) is 5. The third-order valence-electron chi connectivity index (χ3n) is 6.71. The first kappa shape index (κ1) is 15.9. The second-order valence-corrected chi connectivity index (χ2v) is 8.26. The van der Waals surface area contributed by atoms with Crippen LogP contribution in [0.25, 0.3) is 11.0 Å². The summed E-state index contributed by atoms with van der Waals surface area (Å²) in [6.07, 6.45) is 4.70. The number of carbonyl (C=O) groups is 1. The van der Waals surface area contributed by atoms with Crippen molar-refractivity contribution in [3.8, 4) is 0 Å². The number of fused-ring (bicyclic) bond motifs is 3. The molecule has 0 spiro atoms. The maximum atomic E-state index is 11.1. The van der Waals surface area contributed by atoms with Gasteiger partial charge in [-0.05, 0) is 43.6 Å². The van der Waals surface area contributed by atoms with Crippen LogP contribution in [0.2, 0.25) is 0 Å². The van der Waals surface area contributed by atoms with Crippen molar-refractivity contribution in [2.24, 2.45) is 24.8 Å². The van der Waals surface area contributed by atoms with Gasteiger partial charge in [0.15, 0.2) is 0 Å². The molecule has 0 amide bonds. The molecule has 3 saturated heterocycles. The van der Waals surface area contributed by atoms with E-state index in [9.17, 15) is 4.79 Å². The Hall–Kier alpha value is -2.31. The second-order valence-electron chi connectivity index (χ2n) is 8.26. The lowest BCUT2D eigenvalue weighted by Crippen LogP contribution is -2.56. The summed E-state index contributed by atoms with van der Waals surface area (Å²) in [5, 5.41) is 10.2. The van der Waals surface area contributed by atoms with Gasteiger partial charge in [0.1, 0.15) is 11.5 Å². The molecule has 0 aromatic carbocycles. The van der Waals surface area contributed by atoms with Gasteiger partial charge in [0.25, 0.3) is 0 Å². The highest BCUT2D eigenvalue weighted by atomic mass is 16.4. The summed E-state index contributed by atoms with van der Waals surface area (Å²) >= 11 is 0. The van der Waals surface area contributed by atoms with E-state index in [1.807, 2.05) is 13.2 Å². The van der Waals surface area contributed by atoms with E-state index in [-0.39, 0.29) is 0 Å². The van der Waals surface area contributed by atoms with Gasteiger partial charge in [-0.15, -0.1) is 0 Å². The van der Waals surface area contributed by atoms with Crippen LogP contribution in [0.1, 0.15) is 26.2 Å². The SMILES string of the molecule is C[C@H]1CCN1c1nc(N2C[C@H]3C[C@@H](C2)C3CC(=O)O)c2ccn(C)c2n1. The molecular weight excluding hydrogens is 330 g/mol. The molecule has 4 aliphatic rings. The number of hydrogen-bond donors (Lipinski definition) is 1. The van der Waals surface area contributed by atoms with E-state index in [0.29, 0.717) is 30.2 Å². The quantitative estimate of drug-likeness (QED) is 0.905. The minimum atomic E-state index is -0.667. The van der Waals surface area contributed by atoms with Crippen molar-refractivity contribution >= 4 is 28.8 Å². The normalized spacial score (nSPS) is 30.2. The molecule has 1 aliphatic carbocycles. The van der Waals surface area contributed by atoms with Crippen molar-refractivity contribution in [1.82, 2.24) is 14.5 Å². The Morgan fingerprint density at radius 3 is 2.69 bits per heavy atom. The molecule has 7 nitrogen and oxygen atoms in total. The zero-order chi connectivity index (χ0) is 18.0. The number of aliphatic carboxylic acids is 1. The van der Waals surface area contributed by atoms with Crippen LogP contribution in [0, 0.1) is 17.8 Å². The number of rotatable bonds is 4. The van der Waals surface area contributed by atoms with Crippen molar-refractivity contribution in [2.45, 2.75) is 32.2 Å². The molecule has 4 fully saturated rings. The fourth-order valence-electron chi connectivity index (χ4n) is 4.99. The van der Waals surface area contributed by atoms with E-state index in [1.54, 1.807) is 0 Å². The lowest BCUT2D eigenvalue weighted by atomic mass is 9.60. The van der Waals surface area contributed by atoms with Crippen LogP contribution in [0.15, 0.2) is 12.3 Å². The van der Waals surface area contributed by atoms with Crippen LogP contribution < -0.4 is 9.80 Å². The summed E-state index contributed by atoms with van der Waals surface area (Å²) in [7, 11) is 2.03. The molecule has 0 radical (unpaired) electrons. The zero-order valence-electron chi connectivity index (χ0n) is 15.3. The van der Waals surface area contributed by atoms with E-state index in [2.05, 4.69) is 27.4 Å². The first-order valence-corrected chi connectivity index (χ1v) is 9.57. The molecule has 1 N–H and O–H groups in total. The minimum Gasteiger partial charge on any atom is -0.481 e. The molecule has 4 atom stereocenters. The first-order valence-electron chi connectivity index (χ1n) is 9.57. The highest BCUT2D eigenvalue weighted by Crippen LogP contribution is 2.48. The second kappa shape index (κ2) is 5.59. The molecule has 5 heterocycles. The molecule has 2 bridgehead atoms. The Bertz CT molecular complexity index is 866. The summed E-state index contributed by atoms with van der Waals surface area (Å²) in [6.45, 7) is 5.05. The predicted octanol–water partition coefficient (Wildman–Crippen LogP) is 2.11. The number of piperidine rings is 2. The molecule has 1 saturated carbocycles. The Labute approximate surface area is 152 Å². The average molecular weight is 355 g/mol. The summed E-state index contributed by atoms with van der Waals surface area (Å²) < 4.78 is 2.06. The van der Waals surface area contributed by atoms with Crippen LogP contribution in [-0.2, 0) is 11.8 Å². The van der Waals surface area contributed by atoms with Crippen LogP contribution in [0.4, 0.5) is 11.8 Å². The molecular formula is C19H25N5O2. The Morgan fingerprint density at radius 2 is 2.08 bits per heavy atom. The van der Waals surface area contributed by atoms with Crippen molar-refractivity contribution in [3.63, 3.8) is 0 Å². The molecule has 6 rings (SSSR count). The smallest absolute Gasteiger partial charge is 0.303 e. The van der Waals surface area contributed by atoms with E-state index >= 15 is 0 Å². The summed E-state index contributed by atoms with van der Waals surface area (Å²) in [5.41, 5.74) is 0.977. The maximum Gasteiger partial charge on any atom is 0.303 e. The largest absolute Gasteiger partial charge is 0.481 e. The molecule has 138 valence electrons. The third kappa shape index (κ3) is 2.29. The van der Waals surface area contributed by atoms with Gasteiger partial charge in [-0.3, -0.25) is 4.79 Å². The molecule has 7 heteroatoms. The van der Waals surface area contributed by atoms with Crippen LogP contribution >= 0.6 is 0 Å². The van der Waals surface area contributed by atoms with Crippen LogP contribution in [0.5, 0.6) is 0 Å². The number of carboxylic acid groups (broad SMARTS) is 1. The van der Waals surface area contributed by atoms with Crippen molar-refractivity contribution in [2.75, 3.05) is 29.4 Å². The van der Waals surface area contributed by atoms with Gasteiger partial charge in [0, 0.05) is 45.3 Å². The number of hydrogen-bond acceptors (Lipinski definition) is 5. The highest BCUT2D eigenvalue weighted by molar-refractivity contribution is 5.89. The van der Waals surface area contributed by atoms with Crippen molar-refractivity contribution in [3.05, 3.63) is 12.3 Å². The molecule has 2 aromatic rings. The Morgan fingerprint density at radius 1 is 1.31 bits per heavy atom. The number of anilines is 2. The fourth-order valence-corrected chi connectivity index (χ4v) is 4.99. The van der Waals surface area contributed by atoms with Gasteiger partial charge < -0.3 is 19.5 Å². The number of aryl methyl sites for hydroxylation is 1. The lowest BCUT2D eigenvalue weighted by molar-refractivity contribution is -0.141. The maximum absolute atomic E-state index is 11.1. The molecule has 2 aromatic heterocycles. The standard InChI is InChI=1S/C19H25N5O2/c1-11-3-6-24(11)19-20-17-14(4-5-22(17)2)18(21-19)23-9-12-7-13(10-23)15(12)8-16(25)26/h4-5,11-13,15H,3,6-10H2,1-2H3,(H,25,26)/t11-,12-,13+,15?/m0/s1. The fraction of sp³-hybridized carbons (Fsp3) is 0.632. The van der Waals surface area contributed by atoms with Gasteiger partial charge >= 0.3 is 5.97 Å². The monoisotopic (exact) mass is 355 g/mol. The van der Waals surface area contributed by atoms with E-state index < -0.39 is 5.97 Å². The Kier molecular flexibility index (Phi) is 3.42. The number of aromatic nitrogens is 3. The van der Waals surface area contributed by atoms with Crippen LogP contribution in [-0.4, -0.2) is 51.3 Å². The van der Waals surface area contributed by atoms with Crippen molar-refractivity contribution < 1.29 is 9.90 Å². The van der Waals surface area contributed by atoms with Gasteiger partial charge in [0.2, 0.25) is 5.95 Å².